The van der Waals surface area contributed by atoms with Crippen LogP contribution in [0.3, 0.4) is 0 Å². The first-order chi connectivity index (χ1) is 9.22. The van der Waals surface area contributed by atoms with Gasteiger partial charge in [0.1, 0.15) is 0 Å². The van der Waals surface area contributed by atoms with E-state index in [4.69, 9.17) is 11.6 Å². The molecule has 0 saturated carbocycles. The Labute approximate surface area is 116 Å². The first-order valence-electron chi connectivity index (χ1n) is 5.96. The van der Waals surface area contributed by atoms with Crippen LogP contribution >= 0.6 is 11.6 Å². The van der Waals surface area contributed by atoms with Gasteiger partial charge in [0.25, 0.3) is 0 Å². The van der Waals surface area contributed by atoms with Gasteiger partial charge in [-0.3, -0.25) is 4.98 Å². The molecule has 6 nitrogen and oxygen atoms in total. The van der Waals surface area contributed by atoms with Crippen LogP contribution in [0.25, 0.3) is 0 Å². The lowest BCUT2D eigenvalue weighted by molar-refractivity contribution is 0.784. The van der Waals surface area contributed by atoms with E-state index in [1.54, 1.807) is 19.4 Å². The fourth-order valence-electron chi connectivity index (χ4n) is 1.63. The van der Waals surface area contributed by atoms with E-state index in [-0.39, 0.29) is 5.28 Å². The lowest BCUT2D eigenvalue weighted by Crippen LogP contribution is -2.25. The molecule has 0 aliphatic carbocycles. The summed E-state index contributed by atoms with van der Waals surface area (Å²) in [5.41, 5.74) is 1.14. The fourth-order valence-corrected chi connectivity index (χ4v) is 1.78. The second kappa shape index (κ2) is 6.29. The standard InChI is InChI=1S/C12H15ClN6/c1-3-19(8-9-4-6-15-7-5-9)12-17-10(13)16-11(14-2)18-12/h4-7H,3,8H2,1-2H3,(H,14,16,17,18). The van der Waals surface area contributed by atoms with Gasteiger partial charge >= 0.3 is 0 Å². The summed E-state index contributed by atoms with van der Waals surface area (Å²) in [7, 11) is 1.74. The van der Waals surface area contributed by atoms with Crippen molar-refractivity contribution in [3.05, 3.63) is 35.4 Å². The summed E-state index contributed by atoms with van der Waals surface area (Å²) in [6.07, 6.45) is 3.53. The van der Waals surface area contributed by atoms with Crippen molar-refractivity contribution < 1.29 is 0 Å². The summed E-state index contributed by atoms with van der Waals surface area (Å²) < 4.78 is 0. The average Bonchev–Trinajstić information content (AvgIpc) is 2.45. The molecule has 2 aromatic rings. The molecule has 19 heavy (non-hydrogen) atoms. The molecule has 0 saturated heterocycles. The topological polar surface area (TPSA) is 66.8 Å². The van der Waals surface area contributed by atoms with Crippen molar-refractivity contribution in [1.82, 2.24) is 19.9 Å². The maximum atomic E-state index is 5.89. The molecule has 0 aromatic carbocycles. The van der Waals surface area contributed by atoms with Gasteiger partial charge in [-0.25, -0.2) is 0 Å². The Hall–Kier alpha value is -1.95. The molecule has 1 N–H and O–H groups in total. The lowest BCUT2D eigenvalue weighted by Gasteiger charge is -2.21. The van der Waals surface area contributed by atoms with Crippen LogP contribution in [0.5, 0.6) is 0 Å². The monoisotopic (exact) mass is 278 g/mol. The Balaban J connectivity index is 2.24. The normalized spacial score (nSPS) is 10.3. The number of halogens is 1. The Morgan fingerprint density at radius 1 is 1.21 bits per heavy atom. The van der Waals surface area contributed by atoms with E-state index in [1.165, 1.54) is 0 Å². The second-order valence-corrected chi connectivity index (χ2v) is 4.19. The lowest BCUT2D eigenvalue weighted by atomic mass is 10.2. The van der Waals surface area contributed by atoms with Gasteiger partial charge in [0, 0.05) is 32.5 Å². The number of aromatic nitrogens is 4. The molecular formula is C12H15ClN6. The largest absolute Gasteiger partial charge is 0.357 e. The van der Waals surface area contributed by atoms with Crippen molar-refractivity contribution in [2.75, 3.05) is 23.8 Å². The van der Waals surface area contributed by atoms with Crippen LogP contribution in [-0.4, -0.2) is 33.5 Å². The summed E-state index contributed by atoms with van der Waals surface area (Å²) in [6, 6.07) is 3.93. The molecule has 0 unspecified atom stereocenters. The number of nitrogens with zero attached hydrogens (tertiary/aromatic N) is 5. The van der Waals surface area contributed by atoms with Gasteiger partial charge < -0.3 is 10.2 Å². The summed E-state index contributed by atoms with van der Waals surface area (Å²) in [5, 5.41) is 3.05. The van der Waals surface area contributed by atoms with Crippen molar-refractivity contribution >= 4 is 23.5 Å². The van der Waals surface area contributed by atoms with E-state index in [1.807, 2.05) is 24.0 Å². The molecule has 0 amide bonds. The fraction of sp³-hybridized carbons (Fsp3) is 0.333. The predicted molar refractivity (Wildman–Crippen MR) is 75.3 cm³/mol. The molecule has 2 rings (SSSR count). The van der Waals surface area contributed by atoms with Gasteiger partial charge in [-0.2, -0.15) is 15.0 Å². The van der Waals surface area contributed by atoms with Crippen LogP contribution in [0, 0.1) is 0 Å². The minimum absolute atomic E-state index is 0.183. The molecule has 2 aromatic heterocycles. The van der Waals surface area contributed by atoms with E-state index in [9.17, 15) is 0 Å². The maximum absolute atomic E-state index is 5.89. The maximum Gasteiger partial charge on any atom is 0.231 e. The van der Waals surface area contributed by atoms with Crippen molar-refractivity contribution in [1.29, 1.82) is 0 Å². The zero-order valence-corrected chi connectivity index (χ0v) is 11.6. The zero-order valence-electron chi connectivity index (χ0n) is 10.8. The third-order valence-electron chi connectivity index (χ3n) is 2.61. The third kappa shape index (κ3) is 3.51. The van der Waals surface area contributed by atoms with Crippen LogP contribution in [-0.2, 0) is 6.54 Å². The van der Waals surface area contributed by atoms with Gasteiger partial charge in [0.2, 0.25) is 17.2 Å². The Morgan fingerprint density at radius 2 is 1.95 bits per heavy atom. The summed E-state index contributed by atoms with van der Waals surface area (Å²) in [4.78, 5) is 18.5. The molecule has 2 heterocycles. The highest BCUT2D eigenvalue weighted by Gasteiger charge is 2.11. The molecular weight excluding hydrogens is 264 g/mol. The minimum atomic E-state index is 0.183. The first kappa shape index (κ1) is 13.5. The number of nitrogens with one attached hydrogen (secondary N) is 1. The van der Waals surface area contributed by atoms with E-state index in [2.05, 4.69) is 25.3 Å². The minimum Gasteiger partial charge on any atom is -0.357 e. The number of hydrogen-bond donors (Lipinski definition) is 1. The van der Waals surface area contributed by atoms with Crippen LogP contribution in [0.4, 0.5) is 11.9 Å². The van der Waals surface area contributed by atoms with Gasteiger partial charge in [0.15, 0.2) is 0 Å². The molecule has 7 heteroatoms. The van der Waals surface area contributed by atoms with Gasteiger partial charge in [-0.05, 0) is 36.2 Å². The average molecular weight is 279 g/mol. The smallest absolute Gasteiger partial charge is 0.231 e. The van der Waals surface area contributed by atoms with Crippen LogP contribution in [0.2, 0.25) is 5.28 Å². The Kier molecular flexibility index (Phi) is 4.46. The summed E-state index contributed by atoms with van der Waals surface area (Å²) in [5.74, 6) is 1.02. The van der Waals surface area contributed by atoms with Crippen LogP contribution < -0.4 is 10.2 Å². The quantitative estimate of drug-likeness (QED) is 0.902. The van der Waals surface area contributed by atoms with Crippen LogP contribution in [0.1, 0.15) is 12.5 Å². The van der Waals surface area contributed by atoms with Gasteiger partial charge in [-0.15, -0.1) is 0 Å². The summed E-state index contributed by atoms with van der Waals surface area (Å²) >= 11 is 5.89. The SMILES string of the molecule is CCN(Cc1ccncc1)c1nc(Cl)nc(NC)n1. The van der Waals surface area contributed by atoms with Crippen molar-refractivity contribution in [2.24, 2.45) is 0 Å². The third-order valence-corrected chi connectivity index (χ3v) is 2.78. The predicted octanol–water partition coefficient (Wildman–Crippen LogP) is 1.99. The highest BCUT2D eigenvalue weighted by atomic mass is 35.5. The highest BCUT2D eigenvalue weighted by Crippen LogP contribution is 2.15. The molecule has 0 fully saturated rings. The molecule has 0 spiro atoms. The summed E-state index contributed by atoms with van der Waals surface area (Å²) in [6.45, 7) is 3.51. The molecule has 100 valence electrons. The molecule has 0 aliphatic rings. The van der Waals surface area contributed by atoms with E-state index in [0.717, 1.165) is 12.1 Å². The Bertz CT molecular complexity index is 533. The van der Waals surface area contributed by atoms with Crippen molar-refractivity contribution in [2.45, 2.75) is 13.5 Å². The van der Waals surface area contributed by atoms with E-state index >= 15 is 0 Å². The van der Waals surface area contributed by atoms with Crippen molar-refractivity contribution in [3.63, 3.8) is 0 Å². The molecule has 0 atom stereocenters. The Morgan fingerprint density at radius 3 is 2.58 bits per heavy atom. The second-order valence-electron chi connectivity index (χ2n) is 3.85. The first-order valence-corrected chi connectivity index (χ1v) is 6.34. The molecule has 0 aliphatic heterocycles. The number of rotatable bonds is 5. The van der Waals surface area contributed by atoms with Gasteiger partial charge in [0.05, 0.1) is 0 Å². The van der Waals surface area contributed by atoms with E-state index in [0.29, 0.717) is 18.4 Å². The van der Waals surface area contributed by atoms with E-state index < -0.39 is 0 Å². The van der Waals surface area contributed by atoms with Gasteiger partial charge in [-0.1, -0.05) is 0 Å². The zero-order chi connectivity index (χ0) is 13.7. The molecule has 0 bridgehead atoms. The van der Waals surface area contributed by atoms with Crippen LogP contribution in [0.15, 0.2) is 24.5 Å². The number of pyridine rings is 1. The highest BCUT2D eigenvalue weighted by molar-refractivity contribution is 6.28. The van der Waals surface area contributed by atoms with Crippen molar-refractivity contribution in [3.8, 4) is 0 Å². The number of hydrogen-bond acceptors (Lipinski definition) is 6. The number of anilines is 2. The molecule has 0 radical (unpaired) electrons.